The van der Waals surface area contributed by atoms with E-state index in [9.17, 15) is 0 Å². The molecular formula is C20H31N5S. The Labute approximate surface area is 161 Å². The summed E-state index contributed by atoms with van der Waals surface area (Å²) in [6.07, 6.45) is 0. The number of guanidine groups is 1. The van der Waals surface area contributed by atoms with Crippen LogP contribution >= 0.6 is 11.3 Å². The monoisotopic (exact) mass is 373 g/mol. The smallest absolute Gasteiger partial charge is 0.191 e. The molecule has 1 atom stereocenters. The average Bonchev–Trinajstić information content (AvgIpc) is 2.99. The van der Waals surface area contributed by atoms with Gasteiger partial charge >= 0.3 is 0 Å². The van der Waals surface area contributed by atoms with Gasteiger partial charge in [-0.3, -0.25) is 9.89 Å². The molecule has 0 amide bonds. The zero-order valence-corrected chi connectivity index (χ0v) is 17.4. The minimum absolute atomic E-state index is 0.314. The lowest BCUT2D eigenvalue weighted by molar-refractivity contribution is 0.219. The predicted octanol–water partition coefficient (Wildman–Crippen LogP) is 3.51. The molecule has 5 nitrogen and oxygen atoms in total. The van der Waals surface area contributed by atoms with Crippen molar-refractivity contribution in [1.29, 1.82) is 0 Å². The van der Waals surface area contributed by atoms with Crippen LogP contribution in [0, 0.1) is 13.8 Å². The Bertz CT molecular complexity index is 672. The molecule has 6 heteroatoms. The Morgan fingerprint density at radius 1 is 1.15 bits per heavy atom. The highest BCUT2D eigenvalue weighted by molar-refractivity contribution is 7.11. The fourth-order valence-electron chi connectivity index (χ4n) is 2.99. The van der Waals surface area contributed by atoms with Crippen LogP contribution in [0.15, 0.2) is 35.3 Å². The third-order valence-corrected chi connectivity index (χ3v) is 5.68. The van der Waals surface area contributed by atoms with Gasteiger partial charge in [0.25, 0.3) is 0 Å². The van der Waals surface area contributed by atoms with Crippen LogP contribution < -0.4 is 10.6 Å². The summed E-state index contributed by atoms with van der Waals surface area (Å²) >= 11 is 1.74. The maximum Gasteiger partial charge on any atom is 0.191 e. The molecule has 0 saturated carbocycles. The Balaban J connectivity index is 1.98. The van der Waals surface area contributed by atoms with E-state index in [1.54, 1.807) is 11.3 Å². The van der Waals surface area contributed by atoms with Crippen molar-refractivity contribution in [3.05, 3.63) is 51.5 Å². The van der Waals surface area contributed by atoms with Crippen molar-refractivity contribution in [3.63, 3.8) is 0 Å². The standard InChI is InChI=1S/C20H31N5S/c1-6-25(7-2)18(17-11-9-8-10-12-17)13-22-20(21-5)23-14-19-24-15(3)16(4)26-19/h8-12,18H,6-7,13-14H2,1-5H3,(H2,21,22,23). The lowest BCUT2D eigenvalue weighted by atomic mass is 10.1. The second kappa shape index (κ2) is 10.3. The predicted molar refractivity (Wildman–Crippen MR) is 112 cm³/mol. The van der Waals surface area contributed by atoms with Crippen LogP contribution in [0.25, 0.3) is 0 Å². The van der Waals surface area contributed by atoms with Crippen molar-refractivity contribution in [2.75, 3.05) is 26.7 Å². The van der Waals surface area contributed by atoms with Crippen LogP contribution in [0.2, 0.25) is 0 Å². The van der Waals surface area contributed by atoms with Gasteiger partial charge in [-0.15, -0.1) is 11.3 Å². The molecule has 1 aromatic heterocycles. The summed E-state index contributed by atoms with van der Waals surface area (Å²) in [7, 11) is 1.81. The van der Waals surface area contributed by atoms with Crippen LogP contribution in [0.4, 0.5) is 0 Å². The molecule has 2 N–H and O–H groups in total. The second-order valence-electron chi connectivity index (χ2n) is 6.20. The van der Waals surface area contributed by atoms with Crippen LogP contribution in [-0.4, -0.2) is 42.5 Å². The third-order valence-electron chi connectivity index (χ3n) is 4.60. The Kier molecular flexibility index (Phi) is 8.06. The molecule has 26 heavy (non-hydrogen) atoms. The highest BCUT2D eigenvalue weighted by atomic mass is 32.1. The van der Waals surface area contributed by atoms with E-state index in [0.717, 1.165) is 36.3 Å². The largest absolute Gasteiger partial charge is 0.354 e. The van der Waals surface area contributed by atoms with E-state index in [1.165, 1.54) is 10.4 Å². The van der Waals surface area contributed by atoms with Crippen molar-refractivity contribution < 1.29 is 0 Å². The summed E-state index contributed by atoms with van der Waals surface area (Å²) in [6.45, 7) is 12.1. The maximum atomic E-state index is 4.58. The van der Waals surface area contributed by atoms with E-state index in [0.29, 0.717) is 12.6 Å². The van der Waals surface area contributed by atoms with E-state index in [1.807, 2.05) is 7.05 Å². The lowest BCUT2D eigenvalue weighted by Gasteiger charge is -2.30. The summed E-state index contributed by atoms with van der Waals surface area (Å²) in [5.41, 5.74) is 2.44. The zero-order chi connectivity index (χ0) is 18.9. The normalized spacial score (nSPS) is 13.1. The number of thiazole rings is 1. The second-order valence-corrected chi connectivity index (χ2v) is 7.49. The number of likely N-dealkylation sites (N-methyl/N-ethyl adjacent to an activating group) is 1. The fourth-order valence-corrected chi connectivity index (χ4v) is 3.86. The highest BCUT2D eigenvalue weighted by Crippen LogP contribution is 2.19. The number of benzene rings is 1. The number of nitrogens with zero attached hydrogens (tertiary/aromatic N) is 3. The minimum atomic E-state index is 0.314. The van der Waals surface area contributed by atoms with Gasteiger partial charge in [0.2, 0.25) is 0 Å². The van der Waals surface area contributed by atoms with Crippen LogP contribution in [0.1, 0.15) is 41.0 Å². The Morgan fingerprint density at radius 2 is 1.85 bits per heavy atom. The van der Waals surface area contributed by atoms with Gasteiger partial charge in [0.05, 0.1) is 18.3 Å². The Hall–Kier alpha value is -1.92. The third kappa shape index (κ3) is 5.54. The lowest BCUT2D eigenvalue weighted by Crippen LogP contribution is -2.43. The van der Waals surface area contributed by atoms with Crippen LogP contribution in [0.5, 0.6) is 0 Å². The van der Waals surface area contributed by atoms with Crippen molar-refractivity contribution in [2.24, 2.45) is 4.99 Å². The molecule has 0 fully saturated rings. The molecule has 0 radical (unpaired) electrons. The van der Waals surface area contributed by atoms with Crippen molar-refractivity contribution >= 4 is 17.3 Å². The number of aryl methyl sites for hydroxylation is 2. The first-order valence-corrected chi connectivity index (χ1v) is 10.1. The summed E-state index contributed by atoms with van der Waals surface area (Å²) in [6, 6.07) is 11.0. The Morgan fingerprint density at radius 3 is 2.38 bits per heavy atom. The van der Waals surface area contributed by atoms with E-state index in [2.05, 4.69) is 83.5 Å². The molecular weight excluding hydrogens is 342 g/mol. The number of hydrogen-bond acceptors (Lipinski definition) is 4. The minimum Gasteiger partial charge on any atom is -0.354 e. The SMILES string of the molecule is CCN(CC)C(CNC(=NC)NCc1nc(C)c(C)s1)c1ccccc1. The molecule has 2 rings (SSSR count). The number of aliphatic imine (C=N–C) groups is 1. The van der Waals surface area contributed by atoms with E-state index in [-0.39, 0.29) is 0 Å². The van der Waals surface area contributed by atoms with Gasteiger partial charge in [0.1, 0.15) is 5.01 Å². The molecule has 1 unspecified atom stereocenters. The summed E-state index contributed by atoms with van der Waals surface area (Å²) in [5.74, 6) is 0.809. The number of hydrogen-bond donors (Lipinski definition) is 2. The van der Waals surface area contributed by atoms with E-state index < -0.39 is 0 Å². The van der Waals surface area contributed by atoms with Gasteiger partial charge in [-0.05, 0) is 32.5 Å². The molecule has 0 bridgehead atoms. The van der Waals surface area contributed by atoms with Gasteiger partial charge in [0, 0.05) is 18.5 Å². The molecule has 142 valence electrons. The number of nitrogens with one attached hydrogen (secondary N) is 2. The highest BCUT2D eigenvalue weighted by Gasteiger charge is 2.18. The quantitative estimate of drug-likeness (QED) is 0.549. The van der Waals surface area contributed by atoms with Gasteiger partial charge in [-0.2, -0.15) is 0 Å². The average molecular weight is 374 g/mol. The number of rotatable bonds is 8. The first kappa shape index (κ1) is 20.4. The summed E-state index contributed by atoms with van der Waals surface area (Å²) < 4.78 is 0. The molecule has 0 spiro atoms. The maximum absolute atomic E-state index is 4.58. The van der Waals surface area contributed by atoms with Gasteiger partial charge in [-0.1, -0.05) is 44.2 Å². The van der Waals surface area contributed by atoms with Crippen LogP contribution in [-0.2, 0) is 6.54 Å². The van der Waals surface area contributed by atoms with Crippen molar-refractivity contribution in [3.8, 4) is 0 Å². The van der Waals surface area contributed by atoms with Gasteiger partial charge in [0.15, 0.2) is 5.96 Å². The molecule has 1 aromatic carbocycles. The van der Waals surface area contributed by atoms with E-state index in [4.69, 9.17) is 0 Å². The van der Waals surface area contributed by atoms with Gasteiger partial charge < -0.3 is 10.6 Å². The fraction of sp³-hybridized carbons (Fsp3) is 0.500. The molecule has 2 aromatic rings. The van der Waals surface area contributed by atoms with E-state index >= 15 is 0 Å². The molecule has 0 saturated heterocycles. The molecule has 0 aliphatic carbocycles. The number of aromatic nitrogens is 1. The topological polar surface area (TPSA) is 52.5 Å². The zero-order valence-electron chi connectivity index (χ0n) is 16.5. The first-order valence-electron chi connectivity index (χ1n) is 9.25. The first-order chi connectivity index (χ1) is 12.6. The van der Waals surface area contributed by atoms with Crippen LogP contribution in [0.3, 0.4) is 0 Å². The van der Waals surface area contributed by atoms with Crippen molar-refractivity contribution in [2.45, 2.75) is 40.3 Å². The molecule has 0 aliphatic rings. The molecule has 0 aliphatic heterocycles. The molecule has 1 heterocycles. The summed E-state index contributed by atoms with van der Waals surface area (Å²) in [4.78, 5) is 12.7. The van der Waals surface area contributed by atoms with Crippen molar-refractivity contribution in [1.82, 2.24) is 20.5 Å². The summed E-state index contributed by atoms with van der Waals surface area (Å²) in [5, 5.41) is 7.95. The van der Waals surface area contributed by atoms with Gasteiger partial charge in [-0.25, -0.2) is 4.98 Å².